The third kappa shape index (κ3) is 5.24. The molecule has 1 atom stereocenters. The Labute approximate surface area is 146 Å². The topological polar surface area (TPSA) is 90.6 Å². The van der Waals surface area contributed by atoms with Gasteiger partial charge in [0.1, 0.15) is 11.5 Å². The standard InChI is InChI=1S/C19H22N2O4/c1-3-17(13-4-8-15(24-2)9-5-13)21-19(23)14-6-10-16(11-7-14)25-12-18(20)22/h4-11,17H,3,12H2,1-2H3,(H2,20,22)(H,21,23). The van der Waals surface area contributed by atoms with Crippen LogP contribution in [0.1, 0.15) is 35.3 Å². The fraction of sp³-hybridized carbons (Fsp3) is 0.263. The first-order valence-electron chi connectivity index (χ1n) is 7.99. The number of nitrogens with two attached hydrogens (primary N) is 1. The van der Waals surface area contributed by atoms with Gasteiger partial charge < -0.3 is 20.5 Å². The number of nitrogens with one attached hydrogen (secondary N) is 1. The lowest BCUT2D eigenvalue weighted by Gasteiger charge is -2.18. The first-order chi connectivity index (χ1) is 12.0. The third-order valence-corrected chi connectivity index (χ3v) is 3.73. The first-order valence-corrected chi connectivity index (χ1v) is 7.99. The largest absolute Gasteiger partial charge is 0.497 e. The molecule has 1 unspecified atom stereocenters. The normalized spacial score (nSPS) is 11.4. The van der Waals surface area contributed by atoms with Crippen LogP contribution in [0, 0.1) is 0 Å². The van der Waals surface area contributed by atoms with E-state index in [9.17, 15) is 9.59 Å². The lowest BCUT2D eigenvalue weighted by atomic mass is 10.0. The summed E-state index contributed by atoms with van der Waals surface area (Å²) in [5.41, 5.74) is 6.55. The summed E-state index contributed by atoms with van der Waals surface area (Å²) >= 11 is 0. The number of carbonyl (C=O) groups excluding carboxylic acids is 2. The molecule has 6 heteroatoms. The Kier molecular flexibility index (Phi) is 6.39. The Morgan fingerprint density at radius 3 is 2.16 bits per heavy atom. The smallest absolute Gasteiger partial charge is 0.255 e. The summed E-state index contributed by atoms with van der Waals surface area (Å²) in [6.07, 6.45) is 0.762. The number of amides is 2. The van der Waals surface area contributed by atoms with Gasteiger partial charge >= 0.3 is 0 Å². The molecule has 0 aliphatic carbocycles. The molecule has 2 rings (SSSR count). The number of benzene rings is 2. The van der Waals surface area contributed by atoms with Gasteiger partial charge in [0.05, 0.1) is 13.2 Å². The van der Waals surface area contributed by atoms with Gasteiger partial charge in [0.15, 0.2) is 6.61 Å². The molecule has 0 radical (unpaired) electrons. The Bertz CT molecular complexity index is 711. The van der Waals surface area contributed by atoms with Gasteiger partial charge in [-0.25, -0.2) is 0 Å². The minimum atomic E-state index is -0.549. The molecule has 6 nitrogen and oxygen atoms in total. The van der Waals surface area contributed by atoms with E-state index in [4.69, 9.17) is 15.2 Å². The molecule has 0 aromatic heterocycles. The molecule has 2 amide bonds. The molecule has 0 saturated carbocycles. The quantitative estimate of drug-likeness (QED) is 0.771. The summed E-state index contributed by atoms with van der Waals surface area (Å²) in [6, 6.07) is 14.1. The van der Waals surface area contributed by atoms with E-state index in [1.165, 1.54) is 0 Å². The van der Waals surface area contributed by atoms with Crippen molar-refractivity contribution in [3.05, 3.63) is 59.7 Å². The van der Waals surface area contributed by atoms with Gasteiger partial charge in [0.2, 0.25) is 0 Å². The molecule has 0 spiro atoms. The van der Waals surface area contributed by atoms with Crippen LogP contribution in [0.5, 0.6) is 11.5 Å². The van der Waals surface area contributed by atoms with Gasteiger partial charge in [-0.05, 0) is 48.4 Å². The Morgan fingerprint density at radius 2 is 1.64 bits per heavy atom. The van der Waals surface area contributed by atoms with Crippen molar-refractivity contribution in [2.45, 2.75) is 19.4 Å². The number of rotatable bonds is 8. The molecule has 0 fully saturated rings. The Hall–Kier alpha value is -3.02. The highest BCUT2D eigenvalue weighted by Crippen LogP contribution is 2.21. The van der Waals surface area contributed by atoms with Crippen LogP contribution in [0.15, 0.2) is 48.5 Å². The maximum Gasteiger partial charge on any atom is 0.255 e. The predicted molar refractivity (Wildman–Crippen MR) is 94.6 cm³/mol. The van der Waals surface area contributed by atoms with Crippen molar-refractivity contribution < 1.29 is 19.1 Å². The highest BCUT2D eigenvalue weighted by Gasteiger charge is 2.14. The first kappa shape index (κ1) is 18.3. The second kappa shape index (κ2) is 8.73. The fourth-order valence-electron chi connectivity index (χ4n) is 2.36. The minimum Gasteiger partial charge on any atom is -0.497 e. The zero-order chi connectivity index (χ0) is 18.2. The zero-order valence-electron chi connectivity index (χ0n) is 14.3. The van der Waals surface area contributed by atoms with Gasteiger partial charge in [-0.3, -0.25) is 9.59 Å². The molecule has 0 heterocycles. The maximum absolute atomic E-state index is 12.4. The molecule has 25 heavy (non-hydrogen) atoms. The summed E-state index contributed by atoms with van der Waals surface area (Å²) in [5.74, 6) is 0.533. The third-order valence-electron chi connectivity index (χ3n) is 3.73. The van der Waals surface area contributed by atoms with Gasteiger partial charge in [0.25, 0.3) is 11.8 Å². The number of hydrogen-bond acceptors (Lipinski definition) is 4. The summed E-state index contributed by atoms with van der Waals surface area (Å²) < 4.78 is 10.3. The Balaban J connectivity index is 2.02. The summed E-state index contributed by atoms with van der Waals surface area (Å²) in [6.45, 7) is 1.82. The molecule has 3 N–H and O–H groups in total. The zero-order valence-corrected chi connectivity index (χ0v) is 14.3. The second-order valence-electron chi connectivity index (χ2n) is 5.49. The second-order valence-corrected chi connectivity index (χ2v) is 5.49. The molecule has 0 bridgehead atoms. The van der Waals surface area contributed by atoms with Crippen molar-refractivity contribution in [2.75, 3.05) is 13.7 Å². The molecule has 0 aliphatic heterocycles. The van der Waals surface area contributed by atoms with Crippen LogP contribution in [0.25, 0.3) is 0 Å². The number of primary amides is 1. The number of carbonyl (C=O) groups is 2. The SMILES string of the molecule is CCC(NC(=O)c1ccc(OCC(N)=O)cc1)c1ccc(OC)cc1. The molecule has 2 aromatic carbocycles. The minimum absolute atomic E-state index is 0.0933. The van der Waals surface area contributed by atoms with Crippen molar-refractivity contribution in [2.24, 2.45) is 5.73 Å². The van der Waals surface area contributed by atoms with E-state index < -0.39 is 5.91 Å². The van der Waals surface area contributed by atoms with Crippen LogP contribution in [0.4, 0.5) is 0 Å². The van der Waals surface area contributed by atoms with Crippen LogP contribution in [0.3, 0.4) is 0 Å². The summed E-state index contributed by atoms with van der Waals surface area (Å²) in [7, 11) is 1.62. The van der Waals surface area contributed by atoms with E-state index in [-0.39, 0.29) is 18.6 Å². The molecule has 132 valence electrons. The lowest BCUT2D eigenvalue weighted by Crippen LogP contribution is -2.28. The average molecular weight is 342 g/mol. The average Bonchev–Trinajstić information content (AvgIpc) is 2.64. The van der Waals surface area contributed by atoms with Crippen LogP contribution in [-0.2, 0) is 4.79 Å². The van der Waals surface area contributed by atoms with Gasteiger partial charge in [-0.1, -0.05) is 19.1 Å². The van der Waals surface area contributed by atoms with Crippen molar-refractivity contribution >= 4 is 11.8 Å². The monoisotopic (exact) mass is 342 g/mol. The predicted octanol–water partition coefficient (Wildman–Crippen LogP) is 2.44. The number of hydrogen-bond donors (Lipinski definition) is 2. The van der Waals surface area contributed by atoms with Gasteiger partial charge in [0, 0.05) is 5.56 Å². The van der Waals surface area contributed by atoms with E-state index in [1.54, 1.807) is 31.4 Å². The van der Waals surface area contributed by atoms with Crippen molar-refractivity contribution in [1.82, 2.24) is 5.32 Å². The van der Waals surface area contributed by atoms with Crippen molar-refractivity contribution in [3.8, 4) is 11.5 Å². The molecule has 2 aromatic rings. The van der Waals surface area contributed by atoms with Crippen LogP contribution in [0.2, 0.25) is 0 Å². The van der Waals surface area contributed by atoms with Gasteiger partial charge in [-0.2, -0.15) is 0 Å². The molecule has 0 saturated heterocycles. The number of methoxy groups -OCH3 is 1. The highest BCUT2D eigenvalue weighted by molar-refractivity contribution is 5.94. The van der Waals surface area contributed by atoms with Crippen molar-refractivity contribution in [3.63, 3.8) is 0 Å². The van der Waals surface area contributed by atoms with Crippen LogP contribution in [-0.4, -0.2) is 25.5 Å². The fourth-order valence-corrected chi connectivity index (χ4v) is 2.36. The summed E-state index contributed by atoms with van der Waals surface area (Å²) in [5, 5.41) is 3.01. The highest BCUT2D eigenvalue weighted by atomic mass is 16.5. The summed E-state index contributed by atoms with van der Waals surface area (Å²) in [4.78, 5) is 23.1. The molecule has 0 aliphatic rings. The lowest BCUT2D eigenvalue weighted by molar-refractivity contribution is -0.119. The Morgan fingerprint density at radius 1 is 1.04 bits per heavy atom. The van der Waals surface area contributed by atoms with E-state index >= 15 is 0 Å². The molecular formula is C19H22N2O4. The number of ether oxygens (including phenoxy) is 2. The maximum atomic E-state index is 12.4. The molecular weight excluding hydrogens is 320 g/mol. The van der Waals surface area contributed by atoms with E-state index in [1.807, 2.05) is 31.2 Å². The van der Waals surface area contributed by atoms with E-state index in [0.29, 0.717) is 11.3 Å². The van der Waals surface area contributed by atoms with Crippen molar-refractivity contribution in [1.29, 1.82) is 0 Å². The van der Waals surface area contributed by atoms with Gasteiger partial charge in [-0.15, -0.1) is 0 Å². The van der Waals surface area contributed by atoms with E-state index in [0.717, 1.165) is 17.7 Å². The van der Waals surface area contributed by atoms with Crippen LogP contribution >= 0.6 is 0 Å². The van der Waals surface area contributed by atoms with E-state index in [2.05, 4.69) is 5.32 Å². The van der Waals surface area contributed by atoms with Crippen LogP contribution < -0.4 is 20.5 Å².